The van der Waals surface area contributed by atoms with Crippen molar-refractivity contribution in [2.45, 2.75) is 24.8 Å². The molecule has 0 spiro atoms. The summed E-state index contributed by atoms with van der Waals surface area (Å²) in [5, 5.41) is 12.5. The van der Waals surface area contributed by atoms with Crippen LogP contribution in [0.1, 0.15) is 18.4 Å². The largest absolute Gasteiger partial charge is 0.497 e. The molecule has 0 atom stereocenters. The van der Waals surface area contributed by atoms with Gasteiger partial charge in [-0.25, -0.2) is 0 Å². The minimum Gasteiger partial charge on any atom is -0.497 e. The molecule has 20 heavy (non-hydrogen) atoms. The van der Waals surface area contributed by atoms with Crippen LogP contribution in [0.5, 0.6) is 5.75 Å². The molecule has 1 saturated heterocycles. The van der Waals surface area contributed by atoms with Gasteiger partial charge in [0.05, 0.1) is 25.7 Å². The van der Waals surface area contributed by atoms with E-state index in [0.717, 1.165) is 11.3 Å². The van der Waals surface area contributed by atoms with Crippen molar-refractivity contribution in [3.8, 4) is 5.75 Å². The standard InChI is InChI=1S/C15H21NO4/c1-19-13-4-2-12(3-5-13)10-14(18)16-15(11-17)6-8-20-9-7-15/h2-5,17H,6-11H2,1H3,(H,16,18). The van der Waals surface area contributed by atoms with Crippen LogP contribution in [0.2, 0.25) is 0 Å². The Morgan fingerprint density at radius 3 is 2.55 bits per heavy atom. The zero-order valence-corrected chi connectivity index (χ0v) is 11.7. The first-order chi connectivity index (χ1) is 9.67. The highest BCUT2D eigenvalue weighted by Gasteiger charge is 2.33. The number of rotatable bonds is 5. The van der Waals surface area contributed by atoms with Gasteiger partial charge in [0, 0.05) is 13.2 Å². The number of benzene rings is 1. The number of amides is 1. The SMILES string of the molecule is COc1ccc(CC(=O)NC2(CO)CCOCC2)cc1. The summed E-state index contributed by atoms with van der Waals surface area (Å²) < 4.78 is 10.4. The maximum Gasteiger partial charge on any atom is 0.224 e. The first-order valence-electron chi connectivity index (χ1n) is 6.80. The third-order valence-corrected chi connectivity index (χ3v) is 3.68. The maximum atomic E-state index is 12.1. The topological polar surface area (TPSA) is 67.8 Å². The quantitative estimate of drug-likeness (QED) is 0.840. The Balaban J connectivity index is 1.93. The fourth-order valence-electron chi connectivity index (χ4n) is 2.35. The van der Waals surface area contributed by atoms with E-state index in [2.05, 4.69) is 5.32 Å². The van der Waals surface area contributed by atoms with Gasteiger partial charge in [-0.3, -0.25) is 4.79 Å². The Kier molecular flexibility index (Phi) is 4.98. The van der Waals surface area contributed by atoms with Crippen molar-refractivity contribution in [2.24, 2.45) is 0 Å². The smallest absolute Gasteiger partial charge is 0.224 e. The third kappa shape index (κ3) is 3.71. The van der Waals surface area contributed by atoms with Gasteiger partial charge in [0.15, 0.2) is 0 Å². The van der Waals surface area contributed by atoms with E-state index in [9.17, 15) is 9.90 Å². The molecule has 1 aromatic carbocycles. The van der Waals surface area contributed by atoms with Crippen LogP contribution < -0.4 is 10.1 Å². The van der Waals surface area contributed by atoms with Gasteiger partial charge in [0.2, 0.25) is 5.91 Å². The molecule has 110 valence electrons. The highest BCUT2D eigenvalue weighted by molar-refractivity contribution is 5.79. The molecule has 1 fully saturated rings. The van der Waals surface area contributed by atoms with Gasteiger partial charge in [-0.1, -0.05) is 12.1 Å². The molecule has 5 heteroatoms. The van der Waals surface area contributed by atoms with Gasteiger partial charge < -0.3 is 19.9 Å². The summed E-state index contributed by atoms with van der Waals surface area (Å²) in [5.74, 6) is 0.691. The highest BCUT2D eigenvalue weighted by Crippen LogP contribution is 2.20. The number of nitrogens with one attached hydrogen (secondary N) is 1. The number of aliphatic hydroxyl groups excluding tert-OH is 1. The number of methoxy groups -OCH3 is 1. The van der Waals surface area contributed by atoms with E-state index >= 15 is 0 Å². The van der Waals surface area contributed by atoms with Crippen molar-refractivity contribution in [3.05, 3.63) is 29.8 Å². The van der Waals surface area contributed by atoms with Crippen molar-refractivity contribution < 1.29 is 19.4 Å². The molecule has 2 rings (SSSR count). The van der Waals surface area contributed by atoms with Crippen LogP contribution in [0.4, 0.5) is 0 Å². The van der Waals surface area contributed by atoms with Gasteiger partial charge in [-0.2, -0.15) is 0 Å². The first-order valence-corrected chi connectivity index (χ1v) is 6.80. The summed E-state index contributed by atoms with van der Waals surface area (Å²) >= 11 is 0. The average Bonchev–Trinajstić information content (AvgIpc) is 2.49. The van der Waals surface area contributed by atoms with E-state index < -0.39 is 5.54 Å². The summed E-state index contributed by atoms with van der Waals surface area (Å²) in [6.45, 7) is 1.09. The van der Waals surface area contributed by atoms with E-state index in [4.69, 9.17) is 9.47 Å². The Morgan fingerprint density at radius 2 is 2.00 bits per heavy atom. The molecule has 1 amide bonds. The van der Waals surface area contributed by atoms with Gasteiger partial charge in [-0.05, 0) is 30.5 Å². The van der Waals surface area contributed by atoms with Crippen LogP contribution >= 0.6 is 0 Å². The number of hydrogen-bond donors (Lipinski definition) is 2. The minimum absolute atomic E-state index is 0.0509. The van der Waals surface area contributed by atoms with Gasteiger partial charge in [0.1, 0.15) is 5.75 Å². The molecule has 1 aromatic rings. The molecule has 0 saturated carbocycles. The summed E-state index contributed by atoms with van der Waals surface area (Å²) in [5.41, 5.74) is 0.394. The Morgan fingerprint density at radius 1 is 1.35 bits per heavy atom. The van der Waals surface area contributed by atoms with E-state index in [1.165, 1.54) is 0 Å². The molecular weight excluding hydrogens is 258 g/mol. The lowest BCUT2D eigenvalue weighted by molar-refractivity contribution is -0.124. The molecule has 0 bridgehead atoms. The number of carbonyl (C=O) groups is 1. The summed E-state index contributed by atoms with van der Waals surface area (Å²) in [4.78, 5) is 12.1. The maximum absolute atomic E-state index is 12.1. The van der Waals surface area contributed by atoms with Crippen LogP contribution in [-0.4, -0.2) is 43.5 Å². The van der Waals surface area contributed by atoms with Crippen LogP contribution in [0.3, 0.4) is 0 Å². The molecule has 1 aliphatic rings. The van der Waals surface area contributed by atoms with Crippen LogP contribution in [-0.2, 0) is 16.0 Å². The first kappa shape index (κ1) is 14.8. The van der Waals surface area contributed by atoms with Crippen LogP contribution in [0, 0.1) is 0 Å². The number of hydrogen-bond acceptors (Lipinski definition) is 4. The lowest BCUT2D eigenvalue weighted by Crippen LogP contribution is -2.55. The normalized spacial score (nSPS) is 17.5. The van der Waals surface area contributed by atoms with Crippen molar-refractivity contribution in [2.75, 3.05) is 26.9 Å². The minimum atomic E-state index is -0.526. The molecule has 0 unspecified atom stereocenters. The molecule has 5 nitrogen and oxygen atoms in total. The van der Waals surface area contributed by atoms with Crippen molar-refractivity contribution in [1.29, 1.82) is 0 Å². The second-order valence-corrected chi connectivity index (χ2v) is 5.12. The molecule has 0 aromatic heterocycles. The summed E-state index contributed by atoms with van der Waals surface area (Å²) in [6, 6.07) is 7.40. The zero-order chi connectivity index (χ0) is 14.4. The number of carbonyl (C=O) groups excluding carboxylic acids is 1. The monoisotopic (exact) mass is 279 g/mol. The van der Waals surface area contributed by atoms with Gasteiger partial charge >= 0.3 is 0 Å². The average molecular weight is 279 g/mol. The predicted molar refractivity (Wildman–Crippen MR) is 74.7 cm³/mol. The molecule has 0 radical (unpaired) electrons. The molecule has 2 N–H and O–H groups in total. The van der Waals surface area contributed by atoms with Gasteiger partial charge in [-0.15, -0.1) is 0 Å². The second kappa shape index (κ2) is 6.72. The van der Waals surface area contributed by atoms with Gasteiger partial charge in [0.25, 0.3) is 0 Å². The van der Waals surface area contributed by atoms with Crippen LogP contribution in [0.15, 0.2) is 24.3 Å². The molecule has 1 aliphatic heterocycles. The Hall–Kier alpha value is -1.59. The van der Waals surface area contributed by atoms with E-state index in [0.29, 0.717) is 32.5 Å². The molecule has 0 aliphatic carbocycles. The van der Waals surface area contributed by atoms with Crippen molar-refractivity contribution in [1.82, 2.24) is 5.32 Å². The third-order valence-electron chi connectivity index (χ3n) is 3.68. The lowest BCUT2D eigenvalue weighted by atomic mass is 9.90. The Bertz CT molecular complexity index is 438. The number of ether oxygens (including phenoxy) is 2. The van der Waals surface area contributed by atoms with E-state index in [1.54, 1.807) is 7.11 Å². The van der Waals surface area contributed by atoms with Crippen molar-refractivity contribution in [3.63, 3.8) is 0 Å². The lowest BCUT2D eigenvalue weighted by Gasteiger charge is -2.36. The summed E-state index contributed by atoms with van der Waals surface area (Å²) in [7, 11) is 1.61. The van der Waals surface area contributed by atoms with Crippen LogP contribution in [0.25, 0.3) is 0 Å². The predicted octanol–water partition coefficient (Wildman–Crippen LogP) is 0.895. The van der Waals surface area contributed by atoms with Crippen molar-refractivity contribution >= 4 is 5.91 Å². The number of aliphatic hydroxyl groups is 1. The fraction of sp³-hybridized carbons (Fsp3) is 0.533. The zero-order valence-electron chi connectivity index (χ0n) is 11.7. The Labute approximate surface area is 118 Å². The molecule has 1 heterocycles. The highest BCUT2D eigenvalue weighted by atomic mass is 16.5. The van der Waals surface area contributed by atoms with E-state index in [-0.39, 0.29) is 12.5 Å². The second-order valence-electron chi connectivity index (χ2n) is 5.12. The van der Waals surface area contributed by atoms with E-state index in [1.807, 2.05) is 24.3 Å². The summed E-state index contributed by atoms with van der Waals surface area (Å²) in [6.07, 6.45) is 1.60. The molecular formula is C15H21NO4. The fourth-order valence-corrected chi connectivity index (χ4v) is 2.35.